The number of carbonyl (C=O) groups is 1. The Morgan fingerprint density at radius 3 is 3.00 bits per heavy atom. The minimum absolute atomic E-state index is 0.0355. The molecule has 1 atom stereocenters. The Balaban J connectivity index is 1.75. The van der Waals surface area contributed by atoms with E-state index in [1.54, 1.807) is 28.0 Å². The Labute approximate surface area is 141 Å². The lowest BCUT2D eigenvalue weighted by Gasteiger charge is -2.33. The molecule has 0 radical (unpaired) electrons. The first-order chi connectivity index (χ1) is 11.6. The highest BCUT2D eigenvalue weighted by molar-refractivity contribution is 5.93. The second-order valence-electron chi connectivity index (χ2n) is 6.15. The summed E-state index contributed by atoms with van der Waals surface area (Å²) in [6.07, 6.45) is 3.19. The molecule has 1 unspecified atom stereocenters. The summed E-state index contributed by atoms with van der Waals surface area (Å²) >= 11 is 0. The Hall–Kier alpha value is -2.65. The Morgan fingerprint density at radius 2 is 2.29 bits per heavy atom. The number of benzene rings is 1. The summed E-state index contributed by atoms with van der Waals surface area (Å²) in [6, 6.07) is 9.69. The summed E-state index contributed by atoms with van der Waals surface area (Å²) < 4.78 is 7.58. The number of ether oxygens (including phenoxy) is 1. The van der Waals surface area contributed by atoms with Crippen molar-refractivity contribution < 1.29 is 9.53 Å². The van der Waals surface area contributed by atoms with E-state index in [0.717, 1.165) is 5.56 Å². The van der Waals surface area contributed by atoms with Gasteiger partial charge in [-0.25, -0.2) is 0 Å². The van der Waals surface area contributed by atoms with Crippen molar-refractivity contribution in [3.05, 3.63) is 53.3 Å². The second kappa shape index (κ2) is 6.85. The van der Waals surface area contributed by atoms with Gasteiger partial charge in [-0.2, -0.15) is 10.4 Å². The van der Waals surface area contributed by atoms with Gasteiger partial charge in [-0.3, -0.25) is 9.48 Å². The SMILES string of the molecule is CC(C)n1cc(C(=O)N2CCOC(c3cccc(C#N)c3)C2)cn1. The lowest BCUT2D eigenvalue weighted by atomic mass is 10.0. The smallest absolute Gasteiger partial charge is 0.257 e. The fourth-order valence-corrected chi connectivity index (χ4v) is 2.76. The zero-order chi connectivity index (χ0) is 17.1. The third-order valence-corrected chi connectivity index (χ3v) is 4.12. The zero-order valence-corrected chi connectivity index (χ0v) is 13.8. The number of hydrogen-bond acceptors (Lipinski definition) is 4. The van der Waals surface area contributed by atoms with Crippen LogP contribution in [0.25, 0.3) is 0 Å². The van der Waals surface area contributed by atoms with Crippen LogP contribution in [0.5, 0.6) is 0 Å². The number of nitrogens with zero attached hydrogens (tertiary/aromatic N) is 4. The number of rotatable bonds is 3. The van der Waals surface area contributed by atoms with E-state index in [-0.39, 0.29) is 18.1 Å². The van der Waals surface area contributed by atoms with Gasteiger partial charge < -0.3 is 9.64 Å². The molecule has 3 rings (SSSR count). The number of nitriles is 1. The van der Waals surface area contributed by atoms with Gasteiger partial charge in [-0.1, -0.05) is 12.1 Å². The van der Waals surface area contributed by atoms with Crippen LogP contribution in [-0.2, 0) is 4.74 Å². The van der Waals surface area contributed by atoms with Crippen LogP contribution in [0.4, 0.5) is 0 Å². The number of carbonyl (C=O) groups excluding carboxylic acids is 1. The van der Waals surface area contributed by atoms with Gasteiger partial charge in [-0.05, 0) is 31.5 Å². The fraction of sp³-hybridized carbons (Fsp3) is 0.389. The van der Waals surface area contributed by atoms with Gasteiger partial charge in [0.1, 0.15) is 6.10 Å². The summed E-state index contributed by atoms with van der Waals surface area (Å²) in [5.74, 6) is -0.0355. The van der Waals surface area contributed by atoms with Crippen LogP contribution < -0.4 is 0 Å². The summed E-state index contributed by atoms with van der Waals surface area (Å²) in [5, 5.41) is 13.3. The van der Waals surface area contributed by atoms with E-state index in [1.165, 1.54) is 0 Å². The normalized spacial score (nSPS) is 17.8. The minimum atomic E-state index is -0.212. The van der Waals surface area contributed by atoms with Gasteiger partial charge in [-0.15, -0.1) is 0 Å². The van der Waals surface area contributed by atoms with Crippen molar-refractivity contribution in [1.29, 1.82) is 5.26 Å². The lowest BCUT2D eigenvalue weighted by molar-refractivity contribution is -0.0228. The van der Waals surface area contributed by atoms with E-state index in [9.17, 15) is 4.79 Å². The van der Waals surface area contributed by atoms with Crippen LogP contribution in [0.1, 0.15) is 47.5 Å². The maximum absolute atomic E-state index is 12.7. The monoisotopic (exact) mass is 324 g/mol. The molecule has 1 aliphatic rings. The van der Waals surface area contributed by atoms with Crippen molar-refractivity contribution in [2.24, 2.45) is 0 Å². The molecule has 6 nitrogen and oxygen atoms in total. The number of hydrogen-bond donors (Lipinski definition) is 0. The quantitative estimate of drug-likeness (QED) is 0.870. The maximum atomic E-state index is 12.7. The van der Waals surface area contributed by atoms with E-state index < -0.39 is 0 Å². The summed E-state index contributed by atoms with van der Waals surface area (Å²) in [5.41, 5.74) is 2.11. The molecule has 1 aromatic heterocycles. The molecule has 0 N–H and O–H groups in total. The highest BCUT2D eigenvalue weighted by Crippen LogP contribution is 2.24. The molecular weight excluding hydrogens is 304 g/mol. The molecule has 0 bridgehead atoms. The van der Waals surface area contributed by atoms with Crippen molar-refractivity contribution in [3.63, 3.8) is 0 Å². The number of aromatic nitrogens is 2. The van der Waals surface area contributed by atoms with E-state index in [4.69, 9.17) is 10.00 Å². The molecule has 124 valence electrons. The Kier molecular flexibility index (Phi) is 4.63. The molecule has 0 saturated carbocycles. The molecular formula is C18H20N4O2. The molecule has 1 aromatic carbocycles. The number of morpholine rings is 1. The Morgan fingerprint density at radius 1 is 1.46 bits per heavy atom. The highest BCUT2D eigenvalue weighted by Gasteiger charge is 2.27. The standard InChI is InChI=1S/C18H20N4O2/c1-13(2)22-11-16(10-20-22)18(23)21-6-7-24-17(12-21)15-5-3-4-14(8-15)9-19/h3-5,8,10-11,13,17H,6-7,12H2,1-2H3. The van der Waals surface area contributed by atoms with Gasteiger partial charge >= 0.3 is 0 Å². The first-order valence-corrected chi connectivity index (χ1v) is 8.03. The van der Waals surface area contributed by atoms with Crippen molar-refractivity contribution in [2.75, 3.05) is 19.7 Å². The molecule has 1 saturated heterocycles. The molecule has 1 fully saturated rings. The van der Waals surface area contributed by atoms with Crippen LogP contribution in [0.2, 0.25) is 0 Å². The first kappa shape index (κ1) is 16.2. The molecule has 24 heavy (non-hydrogen) atoms. The van der Waals surface area contributed by atoms with Crippen LogP contribution >= 0.6 is 0 Å². The average molecular weight is 324 g/mol. The summed E-state index contributed by atoms with van der Waals surface area (Å²) in [6.45, 7) is 5.55. The molecule has 1 aliphatic heterocycles. The lowest BCUT2D eigenvalue weighted by Crippen LogP contribution is -2.42. The van der Waals surface area contributed by atoms with Crippen molar-refractivity contribution in [3.8, 4) is 6.07 Å². The van der Waals surface area contributed by atoms with Crippen LogP contribution in [0, 0.1) is 11.3 Å². The molecule has 0 aliphatic carbocycles. The van der Waals surface area contributed by atoms with Crippen LogP contribution in [0.15, 0.2) is 36.7 Å². The van der Waals surface area contributed by atoms with Crippen molar-refractivity contribution >= 4 is 5.91 Å². The maximum Gasteiger partial charge on any atom is 0.257 e. The third-order valence-electron chi connectivity index (χ3n) is 4.12. The highest BCUT2D eigenvalue weighted by atomic mass is 16.5. The van der Waals surface area contributed by atoms with Gasteiger partial charge in [0.2, 0.25) is 0 Å². The van der Waals surface area contributed by atoms with E-state index in [1.807, 2.05) is 32.0 Å². The molecule has 6 heteroatoms. The predicted molar refractivity (Wildman–Crippen MR) is 88.4 cm³/mol. The van der Waals surface area contributed by atoms with E-state index >= 15 is 0 Å². The molecule has 2 heterocycles. The third kappa shape index (κ3) is 3.31. The largest absolute Gasteiger partial charge is 0.370 e. The Bertz CT molecular complexity index is 775. The van der Waals surface area contributed by atoms with Crippen LogP contribution in [-0.4, -0.2) is 40.3 Å². The molecule has 2 aromatic rings. The molecule has 0 spiro atoms. The fourth-order valence-electron chi connectivity index (χ4n) is 2.76. The topological polar surface area (TPSA) is 71.2 Å². The van der Waals surface area contributed by atoms with E-state index in [2.05, 4.69) is 11.2 Å². The average Bonchev–Trinajstić information content (AvgIpc) is 3.11. The van der Waals surface area contributed by atoms with Gasteiger partial charge in [0.15, 0.2) is 0 Å². The molecule has 1 amide bonds. The summed E-state index contributed by atoms with van der Waals surface area (Å²) in [7, 11) is 0. The van der Waals surface area contributed by atoms with Gasteiger partial charge in [0.05, 0.1) is 36.5 Å². The van der Waals surface area contributed by atoms with Gasteiger partial charge in [0.25, 0.3) is 5.91 Å². The zero-order valence-electron chi connectivity index (χ0n) is 13.8. The number of amides is 1. The first-order valence-electron chi connectivity index (χ1n) is 8.03. The van der Waals surface area contributed by atoms with E-state index in [0.29, 0.717) is 30.8 Å². The predicted octanol–water partition coefficient (Wildman–Crippen LogP) is 2.55. The summed E-state index contributed by atoms with van der Waals surface area (Å²) in [4.78, 5) is 14.5. The second-order valence-corrected chi connectivity index (χ2v) is 6.15. The van der Waals surface area contributed by atoms with Crippen molar-refractivity contribution in [2.45, 2.75) is 26.0 Å². The minimum Gasteiger partial charge on any atom is -0.370 e. The van der Waals surface area contributed by atoms with Crippen LogP contribution in [0.3, 0.4) is 0 Å². The van der Waals surface area contributed by atoms with Crippen molar-refractivity contribution in [1.82, 2.24) is 14.7 Å². The van der Waals surface area contributed by atoms with Gasteiger partial charge in [0, 0.05) is 18.8 Å².